The number of nitrogen functional groups attached to an aromatic ring is 1. The van der Waals surface area contributed by atoms with E-state index < -0.39 is 0 Å². The van der Waals surface area contributed by atoms with Gasteiger partial charge >= 0.3 is 0 Å². The molecule has 0 atom stereocenters. The van der Waals surface area contributed by atoms with Crippen molar-refractivity contribution in [3.05, 3.63) is 11.4 Å². The molecule has 20 heavy (non-hydrogen) atoms. The monoisotopic (exact) mass is 281 g/mol. The number of aromatic nitrogens is 2. The van der Waals surface area contributed by atoms with E-state index in [1.54, 1.807) is 7.11 Å². The fraction of sp³-hybridized carbons (Fsp3) is 0.714. The smallest absolute Gasteiger partial charge is 0.148 e. The number of ether oxygens (including phenoxy) is 1. The zero-order valence-corrected chi connectivity index (χ0v) is 13.2. The van der Waals surface area contributed by atoms with Crippen LogP contribution in [-0.4, -0.2) is 30.2 Å². The number of rotatable bonds is 7. The van der Waals surface area contributed by atoms with Crippen molar-refractivity contribution in [2.24, 2.45) is 5.84 Å². The van der Waals surface area contributed by atoms with Crippen molar-refractivity contribution in [3.8, 4) is 0 Å². The van der Waals surface area contributed by atoms with Crippen molar-refractivity contribution in [1.82, 2.24) is 9.97 Å². The van der Waals surface area contributed by atoms with E-state index in [0.717, 1.165) is 43.2 Å². The van der Waals surface area contributed by atoms with Gasteiger partial charge < -0.3 is 15.5 Å². The average Bonchev–Trinajstić information content (AvgIpc) is 2.39. The minimum atomic E-state index is -0.119. The van der Waals surface area contributed by atoms with Gasteiger partial charge in [-0.1, -0.05) is 20.8 Å². The number of hydrogen-bond acceptors (Lipinski definition) is 6. The number of unbranched alkanes of at least 4 members (excludes halogenated alkanes) is 1. The second-order valence-corrected chi connectivity index (χ2v) is 5.89. The molecule has 0 fully saturated rings. The van der Waals surface area contributed by atoms with Gasteiger partial charge in [-0.15, -0.1) is 0 Å². The molecule has 0 spiro atoms. The molecule has 114 valence electrons. The van der Waals surface area contributed by atoms with Crippen LogP contribution in [0.2, 0.25) is 0 Å². The molecule has 0 bridgehead atoms. The largest absolute Gasteiger partial charge is 0.385 e. The topological polar surface area (TPSA) is 85.1 Å². The van der Waals surface area contributed by atoms with Gasteiger partial charge in [0.2, 0.25) is 0 Å². The van der Waals surface area contributed by atoms with Crippen LogP contribution in [-0.2, 0) is 10.2 Å². The molecule has 4 N–H and O–H groups in total. The maximum absolute atomic E-state index is 5.54. The summed E-state index contributed by atoms with van der Waals surface area (Å²) in [6.07, 6.45) is 2.06. The molecule has 0 aliphatic heterocycles. The molecule has 0 radical (unpaired) electrons. The summed E-state index contributed by atoms with van der Waals surface area (Å²) in [7, 11) is 1.72. The molecule has 6 heteroatoms. The van der Waals surface area contributed by atoms with Crippen molar-refractivity contribution < 1.29 is 4.74 Å². The van der Waals surface area contributed by atoms with Crippen LogP contribution in [0.15, 0.2) is 0 Å². The van der Waals surface area contributed by atoms with Gasteiger partial charge in [0.25, 0.3) is 0 Å². The average molecular weight is 281 g/mol. The molecule has 0 aromatic carbocycles. The maximum atomic E-state index is 5.54. The number of hydrazine groups is 1. The molecule has 1 aromatic heterocycles. The third kappa shape index (κ3) is 4.61. The first kappa shape index (κ1) is 16.7. The Labute approximate surface area is 121 Å². The lowest BCUT2D eigenvalue weighted by Crippen LogP contribution is -2.21. The number of methoxy groups -OCH3 is 1. The lowest BCUT2D eigenvalue weighted by molar-refractivity contribution is 0.194. The van der Waals surface area contributed by atoms with Gasteiger partial charge in [-0.25, -0.2) is 15.8 Å². The molecule has 6 nitrogen and oxygen atoms in total. The van der Waals surface area contributed by atoms with Crippen LogP contribution in [0.5, 0.6) is 0 Å². The summed E-state index contributed by atoms with van der Waals surface area (Å²) in [6, 6.07) is 0. The number of nitrogens with two attached hydrogens (primary N) is 1. The summed E-state index contributed by atoms with van der Waals surface area (Å²) in [5.74, 6) is 7.83. The van der Waals surface area contributed by atoms with Crippen LogP contribution >= 0.6 is 0 Å². The SMILES string of the molecule is COCCCCNc1nc(C(C)(C)C)nc(NN)c1C. The van der Waals surface area contributed by atoms with E-state index >= 15 is 0 Å². The first-order valence-electron chi connectivity index (χ1n) is 6.98. The Hall–Kier alpha value is -1.40. The summed E-state index contributed by atoms with van der Waals surface area (Å²) in [5.41, 5.74) is 3.47. The maximum Gasteiger partial charge on any atom is 0.148 e. The predicted octanol–water partition coefficient (Wildman–Crippen LogP) is 2.21. The predicted molar refractivity (Wildman–Crippen MR) is 82.9 cm³/mol. The fourth-order valence-corrected chi connectivity index (χ4v) is 1.74. The summed E-state index contributed by atoms with van der Waals surface area (Å²) >= 11 is 0. The molecule has 0 aliphatic rings. The Morgan fingerprint density at radius 2 is 1.80 bits per heavy atom. The highest BCUT2D eigenvalue weighted by Gasteiger charge is 2.20. The summed E-state index contributed by atoms with van der Waals surface area (Å²) in [5, 5.41) is 3.36. The van der Waals surface area contributed by atoms with E-state index in [9.17, 15) is 0 Å². The van der Waals surface area contributed by atoms with Crippen LogP contribution in [0.25, 0.3) is 0 Å². The lowest BCUT2D eigenvalue weighted by atomic mass is 9.95. The quantitative estimate of drug-likeness (QED) is 0.403. The van der Waals surface area contributed by atoms with E-state index in [0.29, 0.717) is 5.82 Å². The number of anilines is 2. The van der Waals surface area contributed by atoms with Gasteiger partial charge in [-0.05, 0) is 19.8 Å². The number of nitrogens with zero attached hydrogens (tertiary/aromatic N) is 2. The normalized spacial score (nSPS) is 11.5. The molecule has 0 aliphatic carbocycles. The lowest BCUT2D eigenvalue weighted by Gasteiger charge is -2.20. The molecule has 1 heterocycles. The van der Waals surface area contributed by atoms with Crippen LogP contribution < -0.4 is 16.6 Å². The van der Waals surface area contributed by atoms with Gasteiger partial charge in [0.1, 0.15) is 17.5 Å². The first-order valence-corrected chi connectivity index (χ1v) is 6.98. The minimum Gasteiger partial charge on any atom is -0.385 e. The van der Waals surface area contributed by atoms with E-state index in [1.165, 1.54) is 0 Å². The Morgan fingerprint density at radius 1 is 1.15 bits per heavy atom. The summed E-state index contributed by atoms with van der Waals surface area (Å²) < 4.78 is 5.04. The number of hydrogen-bond donors (Lipinski definition) is 3. The van der Waals surface area contributed by atoms with Gasteiger partial charge in [0.05, 0.1) is 0 Å². The third-order valence-corrected chi connectivity index (χ3v) is 3.02. The molecule has 0 saturated carbocycles. The third-order valence-electron chi connectivity index (χ3n) is 3.02. The van der Waals surface area contributed by atoms with E-state index in [4.69, 9.17) is 10.6 Å². The highest BCUT2D eigenvalue weighted by atomic mass is 16.5. The molecule has 0 saturated heterocycles. The Kier molecular flexibility index (Phi) is 6.16. The zero-order valence-electron chi connectivity index (χ0n) is 13.2. The second kappa shape index (κ2) is 7.40. The molecular weight excluding hydrogens is 254 g/mol. The fourth-order valence-electron chi connectivity index (χ4n) is 1.74. The van der Waals surface area contributed by atoms with Crippen LogP contribution in [0.3, 0.4) is 0 Å². The molecule has 1 aromatic rings. The first-order chi connectivity index (χ1) is 9.40. The second-order valence-electron chi connectivity index (χ2n) is 5.89. The van der Waals surface area contributed by atoms with Gasteiger partial charge in [-0.3, -0.25) is 0 Å². The van der Waals surface area contributed by atoms with Gasteiger partial charge in [0, 0.05) is 31.2 Å². The van der Waals surface area contributed by atoms with Gasteiger partial charge in [0.15, 0.2) is 0 Å². The molecular formula is C14H27N5O. The van der Waals surface area contributed by atoms with Crippen molar-refractivity contribution in [2.75, 3.05) is 31.0 Å². The minimum absolute atomic E-state index is 0.119. The van der Waals surface area contributed by atoms with Crippen molar-refractivity contribution in [1.29, 1.82) is 0 Å². The van der Waals surface area contributed by atoms with Crippen molar-refractivity contribution in [3.63, 3.8) is 0 Å². The Morgan fingerprint density at radius 3 is 2.35 bits per heavy atom. The Bertz CT molecular complexity index is 428. The zero-order chi connectivity index (χ0) is 15.2. The summed E-state index contributed by atoms with van der Waals surface area (Å²) in [6.45, 7) is 9.85. The Balaban J connectivity index is 2.83. The number of nitrogens with one attached hydrogen (secondary N) is 2. The van der Waals surface area contributed by atoms with Crippen molar-refractivity contribution >= 4 is 11.6 Å². The van der Waals surface area contributed by atoms with Crippen LogP contribution in [0.1, 0.15) is 45.0 Å². The standard InChI is InChI=1S/C14H27N5O/c1-10-11(16-8-6-7-9-20-5)17-13(14(2,3)4)18-12(10)19-15/h6-9,15H2,1-5H3,(H2,16,17,18,19). The van der Waals surface area contributed by atoms with E-state index in [-0.39, 0.29) is 5.41 Å². The summed E-state index contributed by atoms with van der Waals surface area (Å²) in [4.78, 5) is 9.09. The molecule has 1 rings (SSSR count). The molecule has 0 unspecified atom stereocenters. The van der Waals surface area contributed by atoms with Gasteiger partial charge in [-0.2, -0.15) is 0 Å². The van der Waals surface area contributed by atoms with E-state index in [1.807, 2.05) is 6.92 Å². The van der Waals surface area contributed by atoms with Crippen molar-refractivity contribution in [2.45, 2.75) is 46.0 Å². The highest BCUT2D eigenvalue weighted by Crippen LogP contribution is 2.25. The highest BCUT2D eigenvalue weighted by molar-refractivity contribution is 5.57. The molecule has 0 amide bonds. The van der Waals surface area contributed by atoms with Crippen LogP contribution in [0.4, 0.5) is 11.6 Å². The van der Waals surface area contributed by atoms with Crippen LogP contribution in [0, 0.1) is 6.92 Å². The van der Waals surface area contributed by atoms with E-state index in [2.05, 4.69) is 41.5 Å².